The molecule has 4 unspecified atom stereocenters. The van der Waals surface area contributed by atoms with Crippen LogP contribution in [0.5, 0.6) is 0 Å². The summed E-state index contributed by atoms with van der Waals surface area (Å²) >= 11 is 0. The maximum Gasteiger partial charge on any atom is 0.335 e. The number of benzene rings is 1. The Kier molecular flexibility index (Phi) is 4.16. The van der Waals surface area contributed by atoms with Gasteiger partial charge in [-0.05, 0) is 67.7 Å². The zero-order chi connectivity index (χ0) is 15.7. The van der Waals surface area contributed by atoms with Gasteiger partial charge in [0.05, 0.1) is 5.56 Å². The zero-order valence-corrected chi connectivity index (χ0v) is 12.4. The summed E-state index contributed by atoms with van der Waals surface area (Å²) in [5.41, 5.74) is 1.49. The van der Waals surface area contributed by atoms with Crippen LogP contribution in [0.2, 0.25) is 0 Å². The largest absolute Gasteiger partial charge is 0.480 e. The summed E-state index contributed by atoms with van der Waals surface area (Å²) < 4.78 is 0. The van der Waals surface area contributed by atoms with Crippen molar-refractivity contribution < 1.29 is 19.8 Å². The smallest absolute Gasteiger partial charge is 0.335 e. The molecule has 3 rings (SSSR count). The molecule has 22 heavy (non-hydrogen) atoms. The van der Waals surface area contributed by atoms with E-state index in [1.54, 1.807) is 12.1 Å². The Bertz CT molecular complexity index is 569. The summed E-state index contributed by atoms with van der Waals surface area (Å²) in [5.74, 6) is -0.230. The van der Waals surface area contributed by atoms with Crippen LogP contribution in [0.1, 0.15) is 47.5 Å². The standard InChI is InChI=1S/C17H21NO4/c19-16(20)11-3-1-10(2-4-11)12-5-6-13-9-18-15(17(21)22)8-14(13)7-12/h1-4,12-15,18H,5-9H2,(H,19,20)(H,21,22). The molecular weight excluding hydrogens is 282 g/mol. The van der Waals surface area contributed by atoms with E-state index >= 15 is 0 Å². The number of carboxylic acids is 2. The van der Waals surface area contributed by atoms with Crippen LogP contribution < -0.4 is 5.32 Å². The molecule has 5 heteroatoms. The molecule has 5 nitrogen and oxygen atoms in total. The summed E-state index contributed by atoms with van der Waals surface area (Å²) in [6.45, 7) is 0.798. The number of fused-ring (bicyclic) bond motifs is 1. The normalized spacial score (nSPS) is 31.3. The summed E-state index contributed by atoms with van der Waals surface area (Å²) in [5, 5.41) is 21.3. The molecule has 3 N–H and O–H groups in total. The molecule has 1 heterocycles. The van der Waals surface area contributed by atoms with Crippen molar-refractivity contribution in [1.29, 1.82) is 0 Å². The van der Waals surface area contributed by atoms with Crippen LogP contribution in [0.15, 0.2) is 24.3 Å². The fourth-order valence-electron chi connectivity index (χ4n) is 3.95. The molecule has 0 amide bonds. The number of aliphatic carboxylic acids is 1. The molecule has 0 bridgehead atoms. The van der Waals surface area contributed by atoms with E-state index in [2.05, 4.69) is 5.32 Å². The first-order valence-corrected chi connectivity index (χ1v) is 7.84. The Balaban J connectivity index is 1.69. The predicted octanol–water partition coefficient (Wildman–Crippen LogP) is 2.33. The SMILES string of the molecule is O=C(O)c1ccc(C2CCC3CNC(C(=O)O)CC3C2)cc1. The third-order valence-electron chi connectivity index (χ3n) is 5.23. The summed E-state index contributed by atoms with van der Waals surface area (Å²) in [6, 6.07) is 6.71. The van der Waals surface area contributed by atoms with Crippen LogP contribution in [0, 0.1) is 11.8 Å². The lowest BCUT2D eigenvalue weighted by Crippen LogP contribution is -2.49. The van der Waals surface area contributed by atoms with E-state index in [-0.39, 0.29) is 0 Å². The van der Waals surface area contributed by atoms with Crippen LogP contribution >= 0.6 is 0 Å². The molecule has 118 valence electrons. The minimum absolute atomic E-state index is 0.310. The Labute approximate surface area is 129 Å². The number of carboxylic acid groups (broad SMARTS) is 2. The fraction of sp³-hybridized carbons (Fsp3) is 0.529. The number of hydrogen-bond acceptors (Lipinski definition) is 3. The second-order valence-electron chi connectivity index (χ2n) is 6.49. The van der Waals surface area contributed by atoms with Gasteiger partial charge in [-0.2, -0.15) is 0 Å². The third kappa shape index (κ3) is 2.99. The van der Waals surface area contributed by atoms with Crippen molar-refractivity contribution in [3.8, 4) is 0 Å². The van der Waals surface area contributed by atoms with Crippen LogP contribution in [-0.4, -0.2) is 34.7 Å². The van der Waals surface area contributed by atoms with Crippen molar-refractivity contribution in [2.45, 2.75) is 37.6 Å². The van der Waals surface area contributed by atoms with E-state index in [1.165, 1.54) is 5.56 Å². The first-order chi connectivity index (χ1) is 10.5. The fourth-order valence-corrected chi connectivity index (χ4v) is 3.95. The number of carbonyl (C=O) groups is 2. The molecule has 4 atom stereocenters. The van der Waals surface area contributed by atoms with E-state index in [4.69, 9.17) is 5.11 Å². The van der Waals surface area contributed by atoms with Crippen molar-refractivity contribution in [3.05, 3.63) is 35.4 Å². The van der Waals surface area contributed by atoms with E-state index in [9.17, 15) is 14.7 Å². The summed E-state index contributed by atoms with van der Waals surface area (Å²) in [6.07, 6.45) is 3.90. The number of aromatic carboxylic acids is 1. The quantitative estimate of drug-likeness (QED) is 0.798. The molecule has 1 aromatic carbocycles. The van der Waals surface area contributed by atoms with Crippen molar-refractivity contribution in [1.82, 2.24) is 5.32 Å². The number of piperidine rings is 1. The Morgan fingerprint density at radius 1 is 1.00 bits per heavy atom. The number of hydrogen-bond donors (Lipinski definition) is 3. The van der Waals surface area contributed by atoms with E-state index < -0.39 is 18.0 Å². The molecule has 1 saturated heterocycles. The van der Waals surface area contributed by atoms with E-state index in [1.807, 2.05) is 12.1 Å². The second kappa shape index (κ2) is 6.08. The van der Waals surface area contributed by atoms with Crippen LogP contribution in [0.3, 0.4) is 0 Å². The molecule has 1 saturated carbocycles. The van der Waals surface area contributed by atoms with Gasteiger partial charge in [-0.15, -0.1) is 0 Å². The van der Waals surface area contributed by atoms with E-state index in [0.29, 0.717) is 29.7 Å². The summed E-state index contributed by atoms with van der Waals surface area (Å²) in [7, 11) is 0. The Morgan fingerprint density at radius 2 is 1.73 bits per heavy atom. The molecular formula is C17H21NO4. The highest BCUT2D eigenvalue weighted by atomic mass is 16.4. The highest BCUT2D eigenvalue weighted by Gasteiger charge is 2.37. The number of nitrogens with one attached hydrogen (secondary N) is 1. The van der Waals surface area contributed by atoms with Crippen LogP contribution in [-0.2, 0) is 4.79 Å². The first-order valence-electron chi connectivity index (χ1n) is 7.84. The van der Waals surface area contributed by atoms with E-state index in [0.717, 1.165) is 25.8 Å². The minimum Gasteiger partial charge on any atom is -0.480 e. The van der Waals surface area contributed by atoms with Crippen molar-refractivity contribution in [2.75, 3.05) is 6.54 Å². The Morgan fingerprint density at radius 3 is 2.36 bits per heavy atom. The Hall–Kier alpha value is -1.88. The van der Waals surface area contributed by atoms with Gasteiger partial charge in [-0.3, -0.25) is 4.79 Å². The highest BCUT2D eigenvalue weighted by Crippen LogP contribution is 2.42. The maximum atomic E-state index is 11.2. The van der Waals surface area contributed by atoms with Gasteiger partial charge in [-0.25, -0.2) is 4.79 Å². The molecule has 0 aromatic heterocycles. The number of rotatable bonds is 3. The van der Waals surface area contributed by atoms with Gasteiger partial charge in [0.1, 0.15) is 6.04 Å². The van der Waals surface area contributed by atoms with Gasteiger partial charge >= 0.3 is 11.9 Å². The van der Waals surface area contributed by atoms with Gasteiger partial charge in [0.2, 0.25) is 0 Å². The predicted molar refractivity (Wildman–Crippen MR) is 81.0 cm³/mol. The maximum absolute atomic E-state index is 11.2. The first kappa shape index (κ1) is 15.0. The molecule has 0 spiro atoms. The van der Waals surface area contributed by atoms with Crippen LogP contribution in [0.25, 0.3) is 0 Å². The van der Waals surface area contributed by atoms with Crippen molar-refractivity contribution in [3.63, 3.8) is 0 Å². The van der Waals surface area contributed by atoms with Crippen molar-refractivity contribution in [2.24, 2.45) is 11.8 Å². The van der Waals surface area contributed by atoms with Gasteiger partial charge in [-0.1, -0.05) is 12.1 Å². The molecule has 1 aliphatic heterocycles. The zero-order valence-electron chi connectivity index (χ0n) is 12.4. The second-order valence-corrected chi connectivity index (χ2v) is 6.49. The molecule has 2 aliphatic rings. The lowest BCUT2D eigenvalue weighted by atomic mass is 9.68. The topological polar surface area (TPSA) is 86.6 Å². The van der Waals surface area contributed by atoms with Gasteiger partial charge in [0.15, 0.2) is 0 Å². The van der Waals surface area contributed by atoms with Gasteiger partial charge in [0, 0.05) is 0 Å². The minimum atomic E-state index is -0.905. The average molecular weight is 303 g/mol. The molecule has 2 fully saturated rings. The third-order valence-corrected chi connectivity index (χ3v) is 5.23. The van der Waals surface area contributed by atoms with Gasteiger partial charge in [0.25, 0.3) is 0 Å². The van der Waals surface area contributed by atoms with Crippen LogP contribution in [0.4, 0.5) is 0 Å². The summed E-state index contributed by atoms with van der Waals surface area (Å²) in [4.78, 5) is 22.1. The van der Waals surface area contributed by atoms with Crippen molar-refractivity contribution >= 4 is 11.9 Å². The lowest BCUT2D eigenvalue weighted by molar-refractivity contribution is -0.141. The monoisotopic (exact) mass is 303 g/mol. The molecule has 0 radical (unpaired) electrons. The average Bonchev–Trinajstić information content (AvgIpc) is 2.53. The van der Waals surface area contributed by atoms with Gasteiger partial charge < -0.3 is 15.5 Å². The molecule has 1 aromatic rings. The lowest BCUT2D eigenvalue weighted by Gasteiger charge is -2.41. The highest BCUT2D eigenvalue weighted by molar-refractivity contribution is 5.87. The molecule has 1 aliphatic carbocycles.